The summed E-state index contributed by atoms with van der Waals surface area (Å²) in [5, 5.41) is 2.78. The van der Waals surface area contributed by atoms with E-state index in [1.807, 2.05) is 6.92 Å². The molecule has 0 aliphatic heterocycles. The highest BCUT2D eigenvalue weighted by Crippen LogP contribution is 2.24. The molecule has 0 saturated carbocycles. The van der Waals surface area contributed by atoms with Crippen molar-refractivity contribution in [3.8, 4) is 0 Å². The summed E-state index contributed by atoms with van der Waals surface area (Å²) in [5.74, 6) is 0. The lowest BCUT2D eigenvalue weighted by molar-refractivity contribution is 0.483. The van der Waals surface area contributed by atoms with E-state index in [4.69, 9.17) is 16.0 Å². The predicted octanol–water partition coefficient (Wildman–Crippen LogP) is 0.622. The van der Waals surface area contributed by atoms with Crippen LogP contribution in [0.3, 0.4) is 0 Å². The van der Waals surface area contributed by atoms with Crippen LogP contribution >= 0.6 is 0 Å². The first-order valence-electron chi connectivity index (χ1n) is 4.73. The fourth-order valence-electron chi connectivity index (χ4n) is 1.17. The Morgan fingerprint density at radius 1 is 1.50 bits per heavy atom. The van der Waals surface area contributed by atoms with Crippen molar-refractivity contribution in [2.75, 3.05) is 11.1 Å². The molecule has 6 N–H and O–H groups in total. The van der Waals surface area contributed by atoms with E-state index in [0.29, 0.717) is 6.42 Å². The molecule has 0 bridgehead atoms. The molecular formula is C9H15N3O3S. The molecule has 1 rings (SSSR count). The van der Waals surface area contributed by atoms with Gasteiger partial charge in [-0.3, -0.25) is 4.55 Å². The molecule has 0 amide bonds. The summed E-state index contributed by atoms with van der Waals surface area (Å²) in [7, 11) is -4.31. The van der Waals surface area contributed by atoms with Crippen LogP contribution in [-0.4, -0.2) is 19.1 Å². The molecular weight excluding hydrogens is 230 g/mol. The predicted molar refractivity (Wildman–Crippen MR) is 62.6 cm³/mol. The molecule has 90 valence electrons. The molecule has 0 fully saturated rings. The molecule has 1 unspecified atom stereocenters. The van der Waals surface area contributed by atoms with Crippen molar-refractivity contribution in [3.63, 3.8) is 0 Å². The third kappa shape index (κ3) is 3.09. The zero-order chi connectivity index (χ0) is 12.3. The maximum absolute atomic E-state index is 11.1. The van der Waals surface area contributed by atoms with Gasteiger partial charge in [0, 0.05) is 5.69 Å². The first-order chi connectivity index (χ1) is 7.34. The second-order valence-corrected chi connectivity index (χ2v) is 4.78. The van der Waals surface area contributed by atoms with Gasteiger partial charge in [0.05, 0.1) is 11.9 Å². The van der Waals surface area contributed by atoms with Gasteiger partial charge in [-0.05, 0) is 24.6 Å². The molecule has 0 aliphatic rings. The smallest absolute Gasteiger partial charge is 0.296 e. The van der Waals surface area contributed by atoms with Crippen molar-refractivity contribution in [2.24, 2.45) is 5.73 Å². The van der Waals surface area contributed by atoms with Crippen LogP contribution in [0.15, 0.2) is 23.1 Å². The standard InChI is InChI=1S/C9H15N3O3S/c1-2-9(11)12-7-4-3-6(10)5-8(7)16(13,14)15/h3-5,9,12H,2,10-11H2,1H3,(H,13,14,15). The Hall–Kier alpha value is -1.31. The molecule has 7 heteroatoms. The van der Waals surface area contributed by atoms with E-state index in [1.165, 1.54) is 18.2 Å². The summed E-state index contributed by atoms with van der Waals surface area (Å²) in [6.07, 6.45) is 0.235. The van der Waals surface area contributed by atoms with E-state index in [2.05, 4.69) is 5.32 Å². The van der Waals surface area contributed by atoms with Crippen molar-refractivity contribution in [2.45, 2.75) is 24.4 Å². The van der Waals surface area contributed by atoms with Gasteiger partial charge in [-0.15, -0.1) is 0 Å². The van der Waals surface area contributed by atoms with Gasteiger partial charge in [-0.25, -0.2) is 0 Å². The number of nitrogens with two attached hydrogens (primary N) is 2. The first-order valence-corrected chi connectivity index (χ1v) is 6.17. The van der Waals surface area contributed by atoms with E-state index in [-0.39, 0.29) is 22.4 Å². The number of benzene rings is 1. The van der Waals surface area contributed by atoms with Gasteiger partial charge in [-0.1, -0.05) is 6.92 Å². The zero-order valence-corrected chi connectivity index (χ0v) is 9.66. The van der Waals surface area contributed by atoms with Crippen LogP contribution in [0.4, 0.5) is 11.4 Å². The minimum absolute atomic E-state index is 0.242. The van der Waals surface area contributed by atoms with Crippen LogP contribution in [0.1, 0.15) is 13.3 Å². The third-order valence-corrected chi connectivity index (χ3v) is 2.96. The van der Waals surface area contributed by atoms with Crippen molar-refractivity contribution in [3.05, 3.63) is 18.2 Å². The summed E-state index contributed by atoms with van der Waals surface area (Å²) in [5.41, 5.74) is 11.6. The summed E-state index contributed by atoms with van der Waals surface area (Å²) in [6.45, 7) is 1.85. The molecule has 1 aromatic rings. The molecule has 16 heavy (non-hydrogen) atoms. The van der Waals surface area contributed by atoms with Crippen LogP contribution in [-0.2, 0) is 10.1 Å². The SMILES string of the molecule is CCC(N)Nc1ccc(N)cc1S(=O)(=O)O. The number of hydrogen-bond donors (Lipinski definition) is 4. The maximum atomic E-state index is 11.1. The lowest BCUT2D eigenvalue weighted by Gasteiger charge is -2.15. The van der Waals surface area contributed by atoms with E-state index >= 15 is 0 Å². The molecule has 0 aliphatic carbocycles. The fraction of sp³-hybridized carbons (Fsp3) is 0.333. The molecule has 0 spiro atoms. The summed E-state index contributed by atoms with van der Waals surface area (Å²) >= 11 is 0. The van der Waals surface area contributed by atoms with E-state index in [9.17, 15) is 8.42 Å². The second-order valence-electron chi connectivity index (χ2n) is 3.39. The zero-order valence-electron chi connectivity index (χ0n) is 8.84. The average Bonchev–Trinajstić information content (AvgIpc) is 2.19. The molecule has 1 atom stereocenters. The summed E-state index contributed by atoms with van der Waals surface area (Å²) in [6, 6.07) is 4.17. The Morgan fingerprint density at radius 2 is 2.12 bits per heavy atom. The molecule has 0 saturated heterocycles. The van der Waals surface area contributed by atoms with E-state index < -0.39 is 10.1 Å². The molecule has 0 radical (unpaired) electrons. The summed E-state index contributed by atoms with van der Waals surface area (Å²) in [4.78, 5) is -0.267. The largest absolute Gasteiger partial charge is 0.399 e. The van der Waals surface area contributed by atoms with Gasteiger partial charge in [0.2, 0.25) is 0 Å². The lowest BCUT2D eigenvalue weighted by Crippen LogP contribution is -2.29. The molecule has 0 heterocycles. The number of rotatable bonds is 4. The monoisotopic (exact) mass is 245 g/mol. The summed E-state index contributed by atoms with van der Waals surface area (Å²) < 4.78 is 31.2. The topological polar surface area (TPSA) is 118 Å². The molecule has 6 nitrogen and oxygen atoms in total. The van der Waals surface area contributed by atoms with Gasteiger partial charge < -0.3 is 16.8 Å². The highest BCUT2D eigenvalue weighted by Gasteiger charge is 2.16. The van der Waals surface area contributed by atoms with Crippen LogP contribution < -0.4 is 16.8 Å². The van der Waals surface area contributed by atoms with Crippen LogP contribution in [0.5, 0.6) is 0 Å². The molecule has 0 aromatic heterocycles. The van der Waals surface area contributed by atoms with Gasteiger partial charge in [0.1, 0.15) is 4.90 Å². The Balaban J connectivity index is 3.19. The number of nitrogens with one attached hydrogen (secondary N) is 1. The van der Waals surface area contributed by atoms with E-state index in [0.717, 1.165) is 0 Å². The maximum Gasteiger partial charge on any atom is 0.296 e. The Bertz CT molecular complexity index is 473. The highest BCUT2D eigenvalue weighted by atomic mass is 32.2. The van der Waals surface area contributed by atoms with Crippen LogP contribution in [0.25, 0.3) is 0 Å². The number of nitrogen functional groups attached to an aromatic ring is 1. The van der Waals surface area contributed by atoms with Crippen molar-refractivity contribution >= 4 is 21.5 Å². The quantitative estimate of drug-likeness (QED) is 0.351. The van der Waals surface area contributed by atoms with E-state index in [1.54, 1.807) is 0 Å². The second kappa shape index (κ2) is 4.69. The highest BCUT2D eigenvalue weighted by molar-refractivity contribution is 7.86. The van der Waals surface area contributed by atoms with Crippen molar-refractivity contribution in [1.82, 2.24) is 0 Å². The van der Waals surface area contributed by atoms with Gasteiger partial charge in [-0.2, -0.15) is 8.42 Å². The Kier molecular flexibility index (Phi) is 3.74. The third-order valence-electron chi connectivity index (χ3n) is 2.06. The molecule has 1 aromatic carbocycles. The Labute approximate surface area is 94.4 Å². The lowest BCUT2D eigenvalue weighted by atomic mass is 10.2. The normalized spacial score (nSPS) is 13.4. The van der Waals surface area contributed by atoms with Crippen LogP contribution in [0, 0.1) is 0 Å². The van der Waals surface area contributed by atoms with Gasteiger partial charge in [0.25, 0.3) is 10.1 Å². The van der Waals surface area contributed by atoms with Gasteiger partial charge in [0.15, 0.2) is 0 Å². The number of hydrogen-bond acceptors (Lipinski definition) is 5. The van der Waals surface area contributed by atoms with Crippen molar-refractivity contribution < 1.29 is 13.0 Å². The first kappa shape index (κ1) is 12.8. The minimum Gasteiger partial charge on any atom is -0.399 e. The van der Waals surface area contributed by atoms with Crippen molar-refractivity contribution in [1.29, 1.82) is 0 Å². The minimum atomic E-state index is -4.31. The average molecular weight is 245 g/mol. The fourth-order valence-corrected chi connectivity index (χ4v) is 1.86. The number of anilines is 2. The Morgan fingerprint density at radius 3 is 2.62 bits per heavy atom. The van der Waals surface area contributed by atoms with Crippen LogP contribution in [0.2, 0.25) is 0 Å². The van der Waals surface area contributed by atoms with Gasteiger partial charge >= 0.3 is 0 Å².